The molecule has 1 heterocycles. The van der Waals surface area contributed by atoms with E-state index in [0.717, 1.165) is 12.8 Å². The van der Waals surface area contributed by atoms with Gasteiger partial charge in [-0.2, -0.15) is 0 Å². The maximum atomic E-state index is 12.4. The summed E-state index contributed by atoms with van der Waals surface area (Å²) in [6.45, 7) is 0.327. The number of nitrogens with zero attached hydrogens (tertiary/aromatic N) is 1. The lowest BCUT2D eigenvalue weighted by Crippen LogP contribution is -2.65. The Morgan fingerprint density at radius 2 is 1.76 bits per heavy atom. The standard InChI is InChI=1S/C15H16Cl2N2O2/c16-11-4-3-5-12(17)10(11)9-19-13(20)8-18-14(21)15(19)6-1-2-7-15/h3-5H,1-2,6-9H2,(H,18,21). The Kier molecular flexibility index (Phi) is 3.84. The van der Waals surface area contributed by atoms with Crippen LogP contribution in [-0.4, -0.2) is 28.8 Å². The van der Waals surface area contributed by atoms with Crippen molar-refractivity contribution in [3.63, 3.8) is 0 Å². The van der Waals surface area contributed by atoms with E-state index < -0.39 is 5.54 Å². The minimum absolute atomic E-state index is 0.0443. The van der Waals surface area contributed by atoms with Crippen molar-refractivity contribution in [2.45, 2.75) is 37.8 Å². The molecule has 1 spiro atoms. The van der Waals surface area contributed by atoms with Crippen LogP contribution >= 0.6 is 23.2 Å². The number of carbonyl (C=O) groups is 2. The van der Waals surface area contributed by atoms with Crippen LogP contribution in [0, 0.1) is 0 Å². The molecule has 1 aliphatic carbocycles. The number of carbonyl (C=O) groups excluding carboxylic acids is 2. The van der Waals surface area contributed by atoms with Gasteiger partial charge in [0.25, 0.3) is 0 Å². The van der Waals surface area contributed by atoms with Crippen molar-refractivity contribution in [3.8, 4) is 0 Å². The quantitative estimate of drug-likeness (QED) is 0.908. The maximum absolute atomic E-state index is 12.4. The number of amides is 2. The normalized spacial score (nSPS) is 21.0. The summed E-state index contributed by atoms with van der Waals surface area (Å²) in [7, 11) is 0. The van der Waals surface area contributed by atoms with Crippen LogP contribution in [0.1, 0.15) is 31.2 Å². The molecule has 2 amide bonds. The molecule has 0 atom stereocenters. The molecule has 1 aliphatic heterocycles. The van der Waals surface area contributed by atoms with E-state index in [1.165, 1.54) is 0 Å². The Morgan fingerprint density at radius 1 is 1.14 bits per heavy atom. The van der Waals surface area contributed by atoms with Crippen molar-refractivity contribution in [2.75, 3.05) is 6.54 Å². The predicted octanol–water partition coefficient (Wildman–Crippen LogP) is 2.76. The zero-order chi connectivity index (χ0) is 15.0. The van der Waals surface area contributed by atoms with Gasteiger partial charge in [0.15, 0.2) is 0 Å². The predicted molar refractivity (Wildman–Crippen MR) is 81.2 cm³/mol. The Morgan fingerprint density at radius 3 is 2.38 bits per heavy atom. The van der Waals surface area contributed by atoms with Gasteiger partial charge in [-0.1, -0.05) is 42.1 Å². The van der Waals surface area contributed by atoms with Crippen molar-refractivity contribution in [1.29, 1.82) is 0 Å². The van der Waals surface area contributed by atoms with Crippen molar-refractivity contribution in [2.24, 2.45) is 0 Å². The number of hydrogen-bond donors (Lipinski definition) is 1. The summed E-state index contributed by atoms with van der Waals surface area (Å²) in [5.41, 5.74) is -0.0205. The molecule has 1 N–H and O–H groups in total. The lowest BCUT2D eigenvalue weighted by Gasteiger charge is -2.43. The number of halogens is 2. The monoisotopic (exact) mass is 326 g/mol. The Labute approximate surface area is 133 Å². The topological polar surface area (TPSA) is 49.4 Å². The summed E-state index contributed by atoms with van der Waals surface area (Å²) in [4.78, 5) is 26.4. The summed E-state index contributed by atoms with van der Waals surface area (Å²) in [5.74, 6) is -0.129. The van der Waals surface area contributed by atoms with Gasteiger partial charge in [0, 0.05) is 22.2 Å². The maximum Gasteiger partial charge on any atom is 0.246 e. The van der Waals surface area contributed by atoms with Crippen LogP contribution in [0.3, 0.4) is 0 Å². The molecule has 0 unspecified atom stereocenters. The highest BCUT2D eigenvalue weighted by Gasteiger charge is 2.50. The minimum atomic E-state index is -0.724. The van der Waals surface area contributed by atoms with Gasteiger partial charge in [0.05, 0.1) is 6.54 Å². The summed E-state index contributed by atoms with van der Waals surface area (Å²) in [6, 6.07) is 5.27. The molecule has 1 saturated carbocycles. The molecule has 0 radical (unpaired) electrons. The van der Waals surface area contributed by atoms with E-state index in [0.29, 0.717) is 28.5 Å². The SMILES string of the molecule is O=C1CNC(=O)C2(CCCC2)N1Cc1c(Cl)cccc1Cl. The Hall–Kier alpha value is -1.26. The third-order valence-corrected chi connectivity index (χ3v) is 5.16. The molecular weight excluding hydrogens is 311 g/mol. The van der Waals surface area contributed by atoms with Crippen LogP contribution in [0.2, 0.25) is 10.0 Å². The van der Waals surface area contributed by atoms with Gasteiger partial charge in [-0.25, -0.2) is 0 Å². The smallest absolute Gasteiger partial charge is 0.246 e. The average molecular weight is 327 g/mol. The number of nitrogens with one attached hydrogen (secondary N) is 1. The van der Waals surface area contributed by atoms with Crippen LogP contribution in [0.4, 0.5) is 0 Å². The van der Waals surface area contributed by atoms with E-state index >= 15 is 0 Å². The van der Waals surface area contributed by atoms with Gasteiger partial charge in [-0.05, 0) is 25.0 Å². The highest BCUT2D eigenvalue weighted by molar-refractivity contribution is 6.36. The van der Waals surface area contributed by atoms with E-state index in [-0.39, 0.29) is 24.9 Å². The van der Waals surface area contributed by atoms with E-state index in [9.17, 15) is 9.59 Å². The molecule has 1 aromatic carbocycles. The third kappa shape index (κ3) is 2.40. The number of rotatable bonds is 2. The summed E-state index contributed by atoms with van der Waals surface area (Å²) >= 11 is 12.4. The van der Waals surface area contributed by atoms with Gasteiger partial charge in [-0.15, -0.1) is 0 Å². The molecule has 6 heteroatoms. The molecular formula is C15H16Cl2N2O2. The first-order valence-electron chi connectivity index (χ1n) is 7.06. The second kappa shape index (κ2) is 5.50. The van der Waals surface area contributed by atoms with Crippen LogP contribution in [0.15, 0.2) is 18.2 Å². The molecule has 3 rings (SSSR count). The molecule has 1 aromatic rings. The van der Waals surface area contributed by atoms with Gasteiger partial charge in [0.2, 0.25) is 11.8 Å². The zero-order valence-corrected chi connectivity index (χ0v) is 13.0. The van der Waals surface area contributed by atoms with Crippen LogP contribution in [0.5, 0.6) is 0 Å². The summed E-state index contributed by atoms with van der Waals surface area (Å²) in [5, 5.41) is 3.76. The number of benzene rings is 1. The van der Waals surface area contributed by atoms with Gasteiger partial charge in [-0.3, -0.25) is 9.59 Å². The summed E-state index contributed by atoms with van der Waals surface area (Å²) in [6.07, 6.45) is 3.31. The van der Waals surface area contributed by atoms with E-state index in [2.05, 4.69) is 5.32 Å². The first kappa shape index (κ1) is 14.7. The second-order valence-electron chi connectivity index (χ2n) is 5.60. The fourth-order valence-electron chi connectivity index (χ4n) is 3.32. The zero-order valence-electron chi connectivity index (χ0n) is 11.5. The molecule has 1 saturated heterocycles. The Balaban J connectivity index is 1.98. The summed E-state index contributed by atoms with van der Waals surface area (Å²) < 4.78 is 0. The fraction of sp³-hybridized carbons (Fsp3) is 0.467. The number of hydrogen-bond acceptors (Lipinski definition) is 2. The first-order valence-corrected chi connectivity index (χ1v) is 7.82. The minimum Gasteiger partial charge on any atom is -0.345 e. The molecule has 4 nitrogen and oxygen atoms in total. The second-order valence-corrected chi connectivity index (χ2v) is 6.42. The van der Waals surface area contributed by atoms with Crippen molar-refractivity contribution < 1.29 is 9.59 Å². The Bertz CT molecular complexity index is 577. The molecule has 2 aliphatic rings. The van der Waals surface area contributed by atoms with Gasteiger partial charge in [0.1, 0.15) is 5.54 Å². The van der Waals surface area contributed by atoms with Gasteiger partial charge >= 0.3 is 0 Å². The van der Waals surface area contributed by atoms with Crippen molar-refractivity contribution >= 4 is 35.0 Å². The highest BCUT2D eigenvalue weighted by Crippen LogP contribution is 2.39. The van der Waals surface area contributed by atoms with E-state index in [4.69, 9.17) is 23.2 Å². The van der Waals surface area contributed by atoms with Crippen molar-refractivity contribution in [3.05, 3.63) is 33.8 Å². The van der Waals surface area contributed by atoms with Crippen LogP contribution in [0.25, 0.3) is 0 Å². The van der Waals surface area contributed by atoms with E-state index in [1.54, 1.807) is 23.1 Å². The first-order chi connectivity index (χ1) is 10.0. The van der Waals surface area contributed by atoms with E-state index in [1.807, 2.05) is 0 Å². The van der Waals surface area contributed by atoms with Crippen LogP contribution in [-0.2, 0) is 16.1 Å². The molecule has 112 valence electrons. The molecule has 0 aromatic heterocycles. The average Bonchev–Trinajstić information content (AvgIpc) is 2.93. The largest absolute Gasteiger partial charge is 0.345 e. The van der Waals surface area contributed by atoms with Crippen LogP contribution < -0.4 is 5.32 Å². The molecule has 21 heavy (non-hydrogen) atoms. The lowest BCUT2D eigenvalue weighted by molar-refractivity contribution is -0.154. The molecule has 0 bridgehead atoms. The highest BCUT2D eigenvalue weighted by atomic mass is 35.5. The lowest BCUT2D eigenvalue weighted by atomic mass is 9.90. The van der Waals surface area contributed by atoms with Gasteiger partial charge < -0.3 is 10.2 Å². The third-order valence-electron chi connectivity index (χ3n) is 4.45. The molecule has 2 fully saturated rings. The number of piperazine rings is 1. The van der Waals surface area contributed by atoms with Crippen molar-refractivity contribution in [1.82, 2.24) is 10.2 Å². The fourth-order valence-corrected chi connectivity index (χ4v) is 3.83.